The number of fused-ring (bicyclic) bond motifs is 1. The van der Waals surface area contributed by atoms with Crippen molar-refractivity contribution < 1.29 is 4.74 Å². The van der Waals surface area contributed by atoms with E-state index in [4.69, 9.17) is 4.74 Å². The van der Waals surface area contributed by atoms with Crippen LogP contribution in [0.2, 0.25) is 0 Å². The number of rotatable bonds is 3. The van der Waals surface area contributed by atoms with Crippen molar-refractivity contribution in [1.29, 1.82) is 0 Å². The second-order valence-corrected chi connectivity index (χ2v) is 4.98. The molecule has 1 aromatic heterocycles. The Morgan fingerprint density at radius 2 is 2.00 bits per heavy atom. The number of hydrogen-bond donors (Lipinski definition) is 0. The quantitative estimate of drug-likeness (QED) is 0.693. The molecular weight excluding hydrogens is 242 g/mol. The summed E-state index contributed by atoms with van der Waals surface area (Å²) in [5, 5.41) is 1.04. The van der Waals surface area contributed by atoms with Gasteiger partial charge in [0.1, 0.15) is 10.8 Å². The second kappa shape index (κ2) is 4.78. The molecule has 2 nitrogen and oxygen atoms in total. The normalized spacial score (nSPS) is 10.7. The third-order valence-electron chi connectivity index (χ3n) is 2.69. The lowest BCUT2D eigenvalue weighted by molar-refractivity contribution is 0.340. The van der Waals surface area contributed by atoms with Crippen molar-refractivity contribution in [2.24, 2.45) is 0 Å². The molecule has 0 unspecified atom stereocenters. The van der Waals surface area contributed by atoms with E-state index in [0.717, 1.165) is 21.8 Å². The highest BCUT2D eigenvalue weighted by molar-refractivity contribution is 7.21. The van der Waals surface area contributed by atoms with Gasteiger partial charge in [-0.2, -0.15) is 0 Å². The highest BCUT2D eigenvalue weighted by Gasteiger charge is 2.06. The molecule has 0 amide bonds. The Labute approximate surface area is 110 Å². The molecule has 18 heavy (non-hydrogen) atoms. The van der Waals surface area contributed by atoms with Crippen LogP contribution in [-0.4, -0.2) is 11.6 Å². The molecule has 0 radical (unpaired) electrons. The number of aromatic nitrogens is 1. The predicted octanol–water partition coefficient (Wildman–Crippen LogP) is 4.36. The lowest BCUT2D eigenvalue weighted by Gasteiger charge is -2.03. The monoisotopic (exact) mass is 255 g/mol. The fraction of sp³-hybridized carbons (Fsp3) is 0.133. The Morgan fingerprint density at radius 1 is 1.11 bits per heavy atom. The molecule has 0 aliphatic heterocycles. The van der Waals surface area contributed by atoms with Gasteiger partial charge in [-0.1, -0.05) is 24.3 Å². The van der Waals surface area contributed by atoms with Crippen molar-refractivity contribution in [3.8, 4) is 16.3 Å². The van der Waals surface area contributed by atoms with Gasteiger partial charge in [0, 0.05) is 5.56 Å². The maximum atomic E-state index is 5.52. The van der Waals surface area contributed by atoms with Gasteiger partial charge in [0.15, 0.2) is 0 Å². The molecule has 3 aromatic rings. The average Bonchev–Trinajstić information content (AvgIpc) is 2.83. The minimum Gasteiger partial charge on any atom is -0.494 e. The zero-order valence-corrected chi connectivity index (χ0v) is 10.9. The standard InChI is InChI=1S/C15H13NOS/c1-2-17-12-7-5-6-11(10-12)15-16-13-8-3-4-9-14(13)18-15/h3-10H,2H2,1H3. The third kappa shape index (κ3) is 2.09. The molecule has 0 bridgehead atoms. The number of thiazole rings is 1. The van der Waals surface area contributed by atoms with Crippen molar-refractivity contribution in [3.05, 3.63) is 48.5 Å². The molecule has 90 valence electrons. The van der Waals surface area contributed by atoms with Crippen LogP contribution < -0.4 is 4.74 Å². The van der Waals surface area contributed by atoms with E-state index in [2.05, 4.69) is 17.1 Å². The van der Waals surface area contributed by atoms with Gasteiger partial charge in [-0.15, -0.1) is 11.3 Å². The van der Waals surface area contributed by atoms with Crippen molar-refractivity contribution in [3.63, 3.8) is 0 Å². The van der Waals surface area contributed by atoms with Gasteiger partial charge < -0.3 is 4.74 Å². The minimum atomic E-state index is 0.684. The molecule has 0 fully saturated rings. The fourth-order valence-electron chi connectivity index (χ4n) is 1.88. The van der Waals surface area contributed by atoms with E-state index in [9.17, 15) is 0 Å². The van der Waals surface area contributed by atoms with Crippen LogP contribution in [0.4, 0.5) is 0 Å². The molecule has 0 aliphatic carbocycles. The molecule has 3 rings (SSSR count). The molecule has 0 atom stereocenters. The van der Waals surface area contributed by atoms with Crippen LogP contribution in [0.5, 0.6) is 5.75 Å². The summed E-state index contributed by atoms with van der Waals surface area (Å²) in [7, 11) is 0. The van der Waals surface area contributed by atoms with E-state index in [1.807, 2.05) is 43.3 Å². The van der Waals surface area contributed by atoms with Crippen LogP contribution in [0.3, 0.4) is 0 Å². The van der Waals surface area contributed by atoms with Gasteiger partial charge in [-0.25, -0.2) is 4.98 Å². The molecule has 0 saturated carbocycles. The van der Waals surface area contributed by atoms with Crippen LogP contribution >= 0.6 is 11.3 Å². The Morgan fingerprint density at radius 3 is 2.83 bits per heavy atom. The van der Waals surface area contributed by atoms with Crippen LogP contribution in [0.1, 0.15) is 6.92 Å². The smallest absolute Gasteiger partial charge is 0.124 e. The van der Waals surface area contributed by atoms with E-state index in [1.165, 1.54) is 4.70 Å². The maximum Gasteiger partial charge on any atom is 0.124 e. The Bertz CT molecular complexity index is 642. The van der Waals surface area contributed by atoms with Crippen LogP contribution in [0.15, 0.2) is 48.5 Å². The highest BCUT2D eigenvalue weighted by atomic mass is 32.1. The summed E-state index contributed by atoms with van der Waals surface area (Å²) in [6.07, 6.45) is 0. The van der Waals surface area contributed by atoms with E-state index in [1.54, 1.807) is 11.3 Å². The first-order valence-corrected chi connectivity index (χ1v) is 6.77. The van der Waals surface area contributed by atoms with Gasteiger partial charge in [0.2, 0.25) is 0 Å². The highest BCUT2D eigenvalue weighted by Crippen LogP contribution is 2.31. The van der Waals surface area contributed by atoms with E-state index >= 15 is 0 Å². The molecule has 0 N–H and O–H groups in total. The van der Waals surface area contributed by atoms with Crippen LogP contribution in [0, 0.1) is 0 Å². The average molecular weight is 255 g/mol. The van der Waals surface area contributed by atoms with Gasteiger partial charge >= 0.3 is 0 Å². The van der Waals surface area contributed by atoms with Gasteiger partial charge in [-0.3, -0.25) is 0 Å². The van der Waals surface area contributed by atoms with Crippen molar-refractivity contribution >= 4 is 21.6 Å². The predicted molar refractivity (Wildman–Crippen MR) is 76.2 cm³/mol. The number of ether oxygens (including phenoxy) is 1. The van der Waals surface area contributed by atoms with E-state index < -0.39 is 0 Å². The van der Waals surface area contributed by atoms with Crippen LogP contribution in [-0.2, 0) is 0 Å². The lowest BCUT2D eigenvalue weighted by atomic mass is 10.2. The topological polar surface area (TPSA) is 22.1 Å². The molecule has 2 aromatic carbocycles. The van der Waals surface area contributed by atoms with Crippen molar-refractivity contribution in [2.75, 3.05) is 6.61 Å². The number of benzene rings is 2. The molecule has 0 aliphatic rings. The van der Waals surface area contributed by atoms with Crippen molar-refractivity contribution in [1.82, 2.24) is 4.98 Å². The molecule has 0 spiro atoms. The first-order valence-electron chi connectivity index (χ1n) is 5.95. The summed E-state index contributed by atoms with van der Waals surface area (Å²) in [5.41, 5.74) is 2.17. The SMILES string of the molecule is CCOc1cccc(-c2nc3ccccc3s2)c1. The summed E-state index contributed by atoms with van der Waals surface area (Å²) in [5.74, 6) is 0.897. The van der Waals surface area contributed by atoms with Gasteiger partial charge in [0.05, 0.1) is 16.8 Å². The van der Waals surface area contributed by atoms with Crippen molar-refractivity contribution in [2.45, 2.75) is 6.92 Å². The van der Waals surface area contributed by atoms with E-state index in [-0.39, 0.29) is 0 Å². The molecular formula is C15H13NOS. The molecule has 3 heteroatoms. The zero-order chi connectivity index (χ0) is 12.4. The number of nitrogens with zero attached hydrogens (tertiary/aromatic N) is 1. The zero-order valence-electron chi connectivity index (χ0n) is 10.1. The van der Waals surface area contributed by atoms with Gasteiger partial charge in [-0.05, 0) is 31.2 Å². The van der Waals surface area contributed by atoms with Crippen LogP contribution in [0.25, 0.3) is 20.8 Å². The largest absolute Gasteiger partial charge is 0.494 e. The number of para-hydroxylation sites is 1. The molecule has 1 heterocycles. The van der Waals surface area contributed by atoms with Gasteiger partial charge in [0.25, 0.3) is 0 Å². The summed E-state index contributed by atoms with van der Waals surface area (Å²) in [4.78, 5) is 4.65. The maximum absolute atomic E-state index is 5.52. The van der Waals surface area contributed by atoms with E-state index in [0.29, 0.717) is 6.61 Å². The number of hydrogen-bond acceptors (Lipinski definition) is 3. The Hall–Kier alpha value is -1.87. The lowest BCUT2D eigenvalue weighted by Crippen LogP contribution is -1.90. The fourth-order valence-corrected chi connectivity index (χ4v) is 2.84. The Kier molecular flexibility index (Phi) is 2.99. The molecule has 0 saturated heterocycles. The summed E-state index contributed by atoms with van der Waals surface area (Å²) < 4.78 is 6.74. The third-order valence-corrected chi connectivity index (χ3v) is 3.77. The second-order valence-electron chi connectivity index (χ2n) is 3.95. The Balaban J connectivity index is 2.05. The summed E-state index contributed by atoms with van der Waals surface area (Å²) in [6.45, 7) is 2.67. The minimum absolute atomic E-state index is 0.684. The first-order chi connectivity index (χ1) is 8.86. The first kappa shape index (κ1) is 11.2. The summed E-state index contributed by atoms with van der Waals surface area (Å²) in [6, 6.07) is 16.3. The summed E-state index contributed by atoms with van der Waals surface area (Å²) >= 11 is 1.71.